The van der Waals surface area contributed by atoms with E-state index in [9.17, 15) is 0 Å². The van der Waals surface area contributed by atoms with Crippen molar-refractivity contribution in [3.05, 3.63) is 0 Å². The molecule has 2 nitrogen and oxygen atoms in total. The maximum atomic E-state index is 2.30. The van der Waals surface area contributed by atoms with Crippen LogP contribution >= 0.6 is 0 Å². The summed E-state index contributed by atoms with van der Waals surface area (Å²) >= 11 is 0. The molecule has 54 valence electrons. The topological polar surface area (TPSA) is 6.48 Å². The summed E-state index contributed by atoms with van der Waals surface area (Å²) in [6.07, 6.45) is 1.35. The highest BCUT2D eigenvalue weighted by Gasteiger charge is 2.40. The molecule has 1 rings (SSSR count). The average molecular weight is 128 g/mol. The lowest BCUT2D eigenvalue weighted by Crippen LogP contribution is -2.25. The summed E-state index contributed by atoms with van der Waals surface area (Å²) in [7, 11) is 8.59. The Bertz CT molecular complexity index is 87.1. The van der Waals surface area contributed by atoms with Gasteiger partial charge in [0.1, 0.15) is 0 Å². The normalized spacial score (nSPS) is 34.0. The second-order valence-corrected chi connectivity index (χ2v) is 3.30. The van der Waals surface area contributed by atoms with Gasteiger partial charge in [-0.2, -0.15) is 0 Å². The maximum Gasteiger partial charge on any atom is 0.0261 e. The molecule has 0 saturated heterocycles. The number of hydrogen-bond donors (Lipinski definition) is 0. The van der Waals surface area contributed by atoms with Gasteiger partial charge in [0.15, 0.2) is 0 Å². The van der Waals surface area contributed by atoms with Crippen molar-refractivity contribution in [1.82, 2.24) is 9.80 Å². The zero-order chi connectivity index (χ0) is 7.02. The minimum Gasteiger partial charge on any atom is -0.305 e. The number of rotatable bonds is 2. The van der Waals surface area contributed by atoms with Crippen molar-refractivity contribution in [1.29, 1.82) is 0 Å². The minimum absolute atomic E-state index is 0.819. The Morgan fingerprint density at radius 1 is 0.889 bits per heavy atom. The van der Waals surface area contributed by atoms with Gasteiger partial charge >= 0.3 is 0 Å². The first-order valence-electron chi connectivity index (χ1n) is 3.46. The Hall–Kier alpha value is -0.0800. The minimum atomic E-state index is 0.819. The van der Waals surface area contributed by atoms with Crippen LogP contribution in [0.4, 0.5) is 0 Å². The van der Waals surface area contributed by atoms with Crippen LogP contribution in [0.2, 0.25) is 0 Å². The van der Waals surface area contributed by atoms with E-state index < -0.39 is 0 Å². The van der Waals surface area contributed by atoms with Crippen LogP contribution in [0.15, 0.2) is 0 Å². The second-order valence-electron chi connectivity index (χ2n) is 3.30. The van der Waals surface area contributed by atoms with Crippen LogP contribution < -0.4 is 0 Å². The molecule has 1 saturated carbocycles. The molecule has 0 aromatic rings. The van der Waals surface area contributed by atoms with Crippen LogP contribution in [-0.4, -0.2) is 50.1 Å². The molecule has 1 fully saturated rings. The highest BCUT2D eigenvalue weighted by molar-refractivity contribution is 4.99. The van der Waals surface area contributed by atoms with Gasteiger partial charge in [-0.3, -0.25) is 0 Å². The molecule has 2 heteroatoms. The van der Waals surface area contributed by atoms with Crippen LogP contribution in [-0.2, 0) is 0 Å². The van der Waals surface area contributed by atoms with Gasteiger partial charge in [-0.05, 0) is 34.6 Å². The van der Waals surface area contributed by atoms with E-state index in [1.54, 1.807) is 0 Å². The molecular weight excluding hydrogens is 112 g/mol. The van der Waals surface area contributed by atoms with Crippen molar-refractivity contribution < 1.29 is 0 Å². The molecular formula is C7H16N2. The summed E-state index contributed by atoms with van der Waals surface area (Å²) < 4.78 is 0. The second kappa shape index (κ2) is 2.27. The summed E-state index contributed by atoms with van der Waals surface area (Å²) in [5, 5.41) is 0. The van der Waals surface area contributed by atoms with Gasteiger partial charge in [-0.15, -0.1) is 0 Å². The summed E-state index contributed by atoms with van der Waals surface area (Å²) in [4.78, 5) is 4.59. The third-order valence-electron chi connectivity index (χ3n) is 2.05. The first kappa shape index (κ1) is 7.03. The average Bonchev–Trinajstić information content (AvgIpc) is 2.39. The smallest absolute Gasteiger partial charge is 0.0261 e. The number of nitrogens with zero attached hydrogens (tertiary/aromatic N) is 2. The lowest BCUT2D eigenvalue weighted by Gasteiger charge is -2.12. The quantitative estimate of drug-likeness (QED) is 0.526. The molecule has 1 aliphatic carbocycles. The monoisotopic (exact) mass is 128 g/mol. The van der Waals surface area contributed by atoms with E-state index >= 15 is 0 Å². The fraction of sp³-hybridized carbons (Fsp3) is 1.00. The van der Waals surface area contributed by atoms with Crippen LogP contribution in [0, 0.1) is 0 Å². The lowest BCUT2D eigenvalue weighted by atomic mass is 10.5. The van der Waals surface area contributed by atoms with E-state index in [0.29, 0.717) is 0 Å². The number of likely N-dealkylation sites (N-methyl/N-ethyl adjacent to an activating group) is 2. The lowest BCUT2D eigenvalue weighted by molar-refractivity contribution is 0.315. The van der Waals surface area contributed by atoms with Crippen molar-refractivity contribution in [2.75, 3.05) is 28.2 Å². The van der Waals surface area contributed by atoms with E-state index in [1.807, 2.05) is 0 Å². The van der Waals surface area contributed by atoms with Crippen LogP contribution in [0.5, 0.6) is 0 Å². The predicted molar refractivity (Wildman–Crippen MR) is 39.6 cm³/mol. The first-order chi connectivity index (χ1) is 4.13. The van der Waals surface area contributed by atoms with Crippen molar-refractivity contribution in [2.24, 2.45) is 0 Å². The number of hydrogen-bond acceptors (Lipinski definition) is 2. The van der Waals surface area contributed by atoms with E-state index in [-0.39, 0.29) is 0 Å². The van der Waals surface area contributed by atoms with Gasteiger partial charge in [-0.25, -0.2) is 0 Å². The van der Waals surface area contributed by atoms with Gasteiger partial charge in [0.2, 0.25) is 0 Å². The molecule has 2 atom stereocenters. The van der Waals surface area contributed by atoms with Crippen LogP contribution in [0.3, 0.4) is 0 Å². The molecule has 0 bridgehead atoms. The van der Waals surface area contributed by atoms with Crippen molar-refractivity contribution >= 4 is 0 Å². The molecule has 0 aromatic carbocycles. The zero-order valence-electron chi connectivity index (χ0n) is 6.76. The molecule has 9 heavy (non-hydrogen) atoms. The summed E-state index contributed by atoms with van der Waals surface area (Å²) in [5.41, 5.74) is 0. The van der Waals surface area contributed by atoms with Gasteiger partial charge in [0.05, 0.1) is 0 Å². The van der Waals surface area contributed by atoms with Crippen LogP contribution in [0.1, 0.15) is 6.42 Å². The largest absolute Gasteiger partial charge is 0.305 e. The molecule has 0 N–H and O–H groups in total. The van der Waals surface area contributed by atoms with E-state index in [4.69, 9.17) is 0 Å². The van der Waals surface area contributed by atoms with Crippen molar-refractivity contribution in [3.63, 3.8) is 0 Å². The maximum absolute atomic E-state index is 2.30. The Morgan fingerprint density at radius 3 is 1.33 bits per heavy atom. The molecule has 0 spiro atoms. The Balaban J connectivity index is 2.24. The summed E-state index contributed by atoms with van der Waals surface area (Å²) in [6.45, 7) is 0. The third-order valence-corrected chi connectivity index (χ3v) is 2.05. The van der Waals surface area contributed by atoms with E-state index in [0.717, 1.165) is 12.1 Å². The Morgan fingerprint density at radius 2 is 1.22 bits per heavy atom. The van der Waals surface area contributed by atoms with Crippen molar-refractivity contribution in [2.45, 2.75) is 18.5 Å². The van der Waals surface area contributed by atoms with Gasteiger partial charge < -0.3 is 9.80 Å². The SMILES string of the molecule is CN(C)[C@H]1C[C@@H]1N(C)C. The van der Waals surface area contributed by atoms with Gasteiger partial charge in [0, 0.05) is 12.1 Å². The molecule has 0 amide bonds. The van der Waals surface area contributed by atoms with Gasteiger partial charge in [-0.1, -0.05) is 0 Å². The molecule has 0 radical (unpaired) electrons. The fourth-order valence-electron chi connectivity index (χ4n) is 1.28. The standard InChI is InChI=1S/C7H16N2/c1-8(2)6-5-7(6)9(3)4/h6-7H,5H2,1-4H3/t6-,7-/m0/s1. The highest BCUT2D eigenvalue weighted by Crippen LogP contribution is 2.29. The van der Waals surface area contributed by atoms with Gasteiger partial charge in [0.25, 0.3) is 0 Å². The third kappa shape index (κ3) is 1.43. The molecule has 1 aliphatic rings. The molecule has 0 heterocycles. The zero-order valence-corrected chi connectivity index (χ0v) is 6.76. The molecule has 0 unspecified atom stereocenters. The molecule has 0 aromatic heterocycles. The van der Waals surface area contributed by atoms with E-state index in [1.165, 1.54) is 6.42 Å². The van der Waals surface area contributed by atoms with Crippen LogP contribution in [0.25, 0.3) is 0 Å². The van der Waals surface area contributed by atoms with E-state index in [2.05, 4.69) is 38.0 Å². The summed E-state index contributed by atoms with van der Waals surface area (Å²) in [5.74, 6) is 0. The first-order valence-corrected chi connectivity index (χ1v) is 3.46. The highest BCUT2D eigenvalue weighted by atomic mass is 15.2. The Kier molecular flexibility index (Phi) is 1.78. The Labute approximate surface area is 57.4 Å². The summed E-state index contributed by atoms with van der Waals surface area (Å²) in [6, 6.07) is 1.64. The molecule has 0 aliphatic heterocycles. The predicted octanol–water partition coefficient (Wildman–Crippen LogP) is 0.250. The fourth-order valence-corrected chi connectivity index (χ4v) is 1.28. The van der Waals surface area contributed by atoms with Crippen molar-refractivity contribution in [3.8, 4) is 0 Å².